The number of nitrogens with zero attached hydrogens (tertiary/aromatic N) is 1. The normalized spacial score (nSPS) is 17.8. The van der Waals surface area contributed by atoms with Crippen molar-refractivity contribution in [1.29, 1.82) is 0 Å². The molecule has 2 unspecified atom stereocenters. The molecule has 5 amide bonds. The summed E-state index contributed by atoms with van der Waals surface area (Å²) in [7, 11) is 0. The van der Waals surface area contributed by atoms with Crippen molar-refractivity contribution in [3.63, 3.8) is 0 Å². The molecule has 2 heterocycles. The number of nitrogens with two attached hydrogens (primary N) is 1. The lowest BCUT2D eigenvalue weighted by Gasteiger charge is -2.27. The first-order valence-corrected chi connectivity index (χ1v) is 12.7. The Kier molecular flexibility index (Phi) is 10.2. The Labute approximate surface area is 226 Å². The van der Waals surface area contributed by atoms with Crippen LogP contribution in [-0.2, 0) is 23.9 Å². The monoisotopic (exact) mass is 570 g/mol. The summed E-state index contributed by atoms with van der Waals surface area (Å²) in [5.74, 6) is -7.80. The number of nitrogens with one attached hydrogen (secondary N) is 2. The van der Waals surface area contributed by atoms with Gasteiger partial charge in [0.1, 0.15) is 11.8 Å². The number of unbranched alkanes of at least 4 members (excludes halogenated alkanes) is 5. The molecule has 0 bridgehead atoms. The van der Waals surface area contributed by atoms with Crippen molar-refractivity contribution in [2.24, 2.45) is 5.73 Å². The first-order chi connectivity index (χ1) is 19.0. The maximum Gasteiger partial charge on any atom is 0.491 e. The van der Waals surface area contributed by atoms with E-state index in [1.54, 1.807) is 0 Å². The van der Waals surface area contributed by atoms with Crippen LogP contribution in [0.15, 0.2) is 18.2 Å². The Morgan fingerprint density at radius 1 is 1.05 bits per heavy atom. The Hall–Kier alpha value is -4.01. The van der Waals surface area contributed by atoms with E-state index in [1.165, 1.54) is 12.1 Å². The van der Waals surface area contributed by atoms with E-state index in [1.807, 2.05) is 5.32 Å². The average Bonchev–Trinajstić information content (AvgIpc) is 3.15. The van der Waals surface area contributed by atoms with E-state index in [2.05, 4.69) is 10.1 Å². The Balaban J connectivity index is 1.75. The Morgan fingerprint density at radius 3 is 2.38 bits per heavy atom. The van der Waals surface area contributed by atoms with Crippen LogP contribution >= 0.6 is 0 Å². The van der Waals surface area contributed by atoms with Crippen LogP contribution in [0.1, 0.15) is 72.1 Å². The van der Waals surface area contributed by atoms with Crippen molar-refractivity contribution >= 4 is 35.5 Å². The number of rotatable bonds is 13. The second-order valence-electron chi connectivity index (χ2n) is 9.18. The number of ether oxygens (including phenoxy) is 2. The molecule has 0 aliphatic carbocycles. The van der Waals surface area contributed by atoms with E-state index in [0.717, 1.165) is 38.2 Å². The quantitative estimate of drug-likeness (QED) is 0.137. The number of amides is 5. The number of esters is 1. The van der Waals surface area contributed by atoms with Gasteiger partial charge in [-0.05, 0) is 37.9 Å². The van der Waals surface area contributed by atoms with Crippen LogP contribution in [0.25, 0.3) is 0 Å². The van der Waals surface area contributed by atoms with Gasteiger partial charge < -0.3 is 20.5 Å². The summed E-state index contributed by atoms with van der Waals surface area (Å²) in [5, 5.41) is 4.38. The van der Waals surface area contributed by atoms with Crippen LogP contribution < -0.4 is 21.1 Å². The van der Waals surface area contributed by atoms with Crippen LogP contribution in [0.2, 0.25) is 0 Å². The lowest BCUT2D eigenvalue weighted by molar-refractivity contribution is -0.216. The van der Waals surface area contributed by atoms with E-state index < -0.39 is 65.3 Å². The van der Waals surface area contributed by atoms with Gasteiger partial charge in [0.2, 0.25) is 11.8 Å². The van der Waals surface area contributed by atoms with Gasteiger partial charge in [-0.1, -0.05) is 31.7 Å². The Bertz CT molecular complexity index is 1170. The van der Waals surface area contributed by atoms with Crippen molar-refractivity contribution in [2.45, 2.75) is 69.9 Å². The molecule has 2 aliphatic rings. The molecule has 2 aliphatic heterocycles. The maximum atomic E-state index is 13.2. The summed E-state index contributed by atoms with van der Waals surface area (Å²) < 4.78 is 48.3. The molecule has 4 N–H and O–H groups in total. The molecule has 1 saturated heterocycles. The molecule has 218 valence electrons. The molecule has 0 radical (unpaired) electrons. The predicted octanol–water partition coefficient (Wildman–Crippen LogP) is 1.31. The van der Waals surface area contributed by atoms with E-state index >= 15 is 0 Å². The highest BCUT2D eigenvalue weighted by atomic mass is 19.4. The van der Waals surface area contributed by atoms with Gasteiger partial charge in [-0.25, -0.2) is 4.79 Å². The molecule has 1 aromatic rings. The number of piperidine rings is 1. The third kappa shape index (κ3) is 7.34. The Morgan fingerprint density at radius 2 is 1.73 bits per heavy atom. The van der Waals surface area contributed by atoms with Crippen molar-refractivity contribution in [1.82, 2.24) is 15.5 Å². The van der Waals surface area contributed by atoms with Gasteiger partial charge in [0.25, 0.3) is 11.8 Å². The number of carbonyl (C=O) groups is 6. The molecule has 0 aromatic heterocycles. The molecule has 1 aromatic carbocycles. The summed E-state index contributed by atoms with van der Waals surface area (Å²) in [6.07, 6.45) is -3.31. The summed E-state index contributed by atoms with van der Waals surface area (Å²) >= 11 is 0. The van der Waals surface area contributed by atoms with Crippen molar-refractivity contribution in [2.75, 3.05) is 13.1 Å². The number of halogens is 3. The largest absolute Gasteiger partial charge is 0.491 e. The second-order valence-corrected chi connectivity index (χ2v) is 9.18. The first kappa shape index (κ1) is 30.5. The second kappa shape index (κ2) is 13.4. The summed E-state index contributed by atoms with van der Waals surface area (Å²) in [4.78, 5) is 74.7. The summed E-state index contributed by atoms with van der Waals surface area (Å²) in [6, 6.07) is 2.24. The van der Waals surface area contributed by atoms with Crippen molar-refractivity contribution < 1.29 is 51.4 Å². The fourth-order valence-electron chi connectivity index (χ4n) is 4.26. The fourth-order valence-corrected chi connectivity index (χ4v) is 4.26. The van der Waals surface area contributed by atoms with E-state index in [4.69, 9.17) is 10.5 Å². The van der Waals surface area contributed by atoms with Gasteiger partial charge >= 0.3 is 24.3 Å². The van der Waals surface area contributed by atoms with Gasteiger partial charge in [0.15, 0.2) is 0 Å². The molecule has 40 heavy (non-hydrogen) atoms. The minimum absolute atomic E-state index is 0.0484. The zero-order valence-corrected chi connectivity index (χ0v) is 21.4. The summed E-state index contributed by atoms with van der Waals surface area (Å²) in [5.41, 5.74) is 4.75. The van der Waals surface area contributed by atoms with Gasteiger partial charge in [-0.2, -0.15) is 13.2 Å². The lowest BCUT2D eigenvalue weighted by atomic mass is 10.0. The molecule has 0 spiro atoms. The minimum Gasteiger partial charge on any atom is -0.445 e. The number of hydrogen-bond acceptors (Lipinski definition) is 9. The zero-order valence-electron chi connectivity index (χ0n) is 21.4. The number of fused-ring (bicyclic) bond motifs is 1. The fraction of sp³-hybridized carbons (Fsp3) is 0.520. The minimum atomic E-state index is -5.45. The number of alkyl halides is 3. The third-order valence-electron chi connectivity index (χ3n) is 6.25. The predicted molar refractivity (Wildman–Crippen MR) is 129 cm³/mol. The molecule has 3 rings (SSSR count). The molecule has 2 atom stereocenters. The highest BCUT2D eigenvalue weighted by molar-refractivity contribution is 6.24. The SMILES string of the molecule is NCCCCCCCCNC(=O)C(OC(=O)C(F)(F)F)Oc1cccc2c1C(=O)N(C1CCC(=O)NC1=O)C2=O. The first-order valence-electron chi connectivity index (χ1n) is 12.7. The van der Waals surface area contributed by atoms with Crippen LogP contribution in [0, 0.1) is 0 Å². The molecular formula is C25H29F3N4O8. The average molecular weight is 571 g/mol. The number of benzene rings is 1. The topological polar surface area (TPSA) is 174 Å². The van der Waals surface area contributed by atoms with Crippen molar-refractivity contribution in [3.05, 3.63) is 29.3 Å². The highest BCUT2D eigenvalue weighted by Gasteiger charge is 2.47. The summed E-state index contributed by atoms with van der Waals surface area (Å²) in [6.45, 7) is 0.639. The highest BCUT2D eigenvalue weighted by Crippen LogP contribution is 2.34. The lowest BCUT2D eigenvalue weighted by Crippen LogP contribution is -2.54. The van der Waals surface area contributed by atoms with Crippen LogP contribution in [0.3, 0.4) is 0 Å². The van der Waals surface area contributed by atoms with Crippen LogP contribution in [0.5, 0.6) is 5.75 Å². The van der Waals surface area contributed by atoms with E-state index in [9.17, 15) is 41.9 Å². The molecular weight excluding hydrogens is 541 g/mol. The maximum absolute atomic E-state index is 13.2. The van der Waals surface area contributed by atoms with Gasteiger partial charge in [-0.3, -0.25) is 34.2 Å². The number of imide groups is 2. The molecule has 15 heteroatoms. The standard InChI is InChI=1S/C25H29F3N4O8/c26-25(27,28)24(38)40-23(20(35)30-13-6-4-2-1-3-5-12-29)39-16-9-7-8-14-18(16)22(37)32(21(14)36)15-10-11-17(33)31-19(15)34/h7-9,15,23H,1-6,10-13,29H2,(H,30,35)(H,31,33,34). The number of hydrogen-bond donors (Lipinski definition) is 3. The van der Waals surface area contributed by atoms with Crippen LogP contribution in [0.4, 0.5) is 13.2 Å². The molecule has 1 fully saturated rings. The van der Waals surface area contributed by atoms with E-state index in [0.29, 0.717) is 17.9 Å². The number of carbonyl (C=O) groups excluding carboxylic acids is 6. The zero-order chi connectivity index (χ0) is 29.4. The molecule has 12 nitrogen and oxygen atoms in total. The van der Waals surface area contributed by atoms with Crippen LogP contribution in [-0.4, -0.2) is 72.0 Å². The smallest absolute Gasteiger partial charge is 0.445 e. The van der Waals surface area contributed by atoms with Gasteiger partial charge in [0.05, 0.1) is 11.1 Å². The molecule has 0 saturated carbocycles. The van der Waals surface area contributed by atoms with Gasteiger partial charge in [-0.15, -0.1) is 0 Å². The third-order valence-corrected chi connectivity index (χ3v) is 6.25. The van der Waals surface area contributed by atoms with Gasteiger partial charge in [0, 0.05) is 13.0 Å². The van der Waals surface area contributed by atoms with Crippen molar-refractivity contribution in [3.8, 4) is 5.75 Å². The van der Waals surface area contributed by atoms with E-state index in [-0.39, 0.29) is 24.9 Å².